The highest BCUT2D eigenvalue weighted by molar-refractivity contribution is 5.76. The third-order valence-corrected chi connectivity index (χ3v) is 3.99. The second-order valence-electron chi connectivity index (χ2n) is 6.75. The molecule has 2 heterocycles. The number of nitrogens with two attached hydrogens (primary N) is 1. The zero-order valence-electron chi connectivity index (χ0n) is 12.7. The summed E-state index contributed by atoms with van der Waals surface area (Å²) in [6, 6.07) is 4.28. The molecule has 1 aromatic rings. The van der Waals surface area contributed by atoms with Crippen LogP contribution in [0.25, 0.3) is 0 Å². The number of primary amides is 1. The molecule has 20 heavy (non-hydrogen) atoms. The Kier molecular flexibility index (Phi) is 4.43. The molecule has 0 spiro atoms. The van der Waals surface area contributed by atoms with Crippen molar-refractivity contribution in [2.45, 2.75) is 45.6 Å². The molecule has 1 aliphatic rings. The van der Waals surface area contributed by atoms with Gasteiger partial charge in [-0.2, -0.15) is 0 Å². The number of pyridine rings is 1. The fourth-order valence-electron chi connectivity index (χ4n) is 2.60. The summed E-state index contributed by atoms with van der Waals surface area (Å²) in [5.74, 6) is -0.0894. The third kappa shape index (κ3) is 3.79. The van der Waals surface area contributed by atoms with E-state index in [2.05, 4.69) is 42.8 Å². The molecule has 1 saturated heterocycles. The summed E-state index contributed by atoms with van der Waals surface area (Å²) >= 11 is 0. The van der Waals surface area contributed by atoms with E-state index in [1.54, 1.807) is 0 Å². The first-order valence-corrected chi connectivity index (χ1v) is 7.33. The number of amides is 1. The second-order valence-corrected chi connectivity index (χ2v) is 6.75. The quantitative estimate of drug-likeness (QED) is 0.918. The zero-order valence-corrected chi connectivity index (χ0v) is 12.7. The van der Waals surface area contributed by atoms with E-state index in [-0.39, 0.29) is 17.2 Å². The predicted molar refractivity (Wildman–Crippen MR) is 80.1 cm³/mol. The average molecular weight is 275 g/mol. The van der Waals surface area contributed by atoms with E-state index in [4.69, 9.17) is 5.73 Å². The Labute approximate surface area is 121 Å². The molecule has 0 bridgehead atoms. The Morgan fingerprint density at radius 3 is 2.45 bits per heavy atom. The summed E-state index contributed by atoms with van der Waals surface area (Å²) in [6.45, 7) is 9.29. The number of piperidine rings is 1. The smallest absolute Gasteiger partial charge is 0.220 e. The van der Waals surface area contributed by atoms with Gasteiger partial charge in [-0.25, -0.2) is 0 Å². The van der Waals surface area contributed by atoms with Crippen LogP contribution in [0.2, 0.25) is 0 Å². The number of rotatable bonds is 3. The van der Waals surface area contributed by atoms with Crippen molar-refractivity contribution in [1.29, 1.82) is 0 Å². The fourth-order valence-corrected chi connectivity index (χ4v) is 2.60. The van der Waals surface area contributed by atoms with E-state index in [0.717, 1.165) is 38.2 Å². The van der Waals surface area contributed by atoms with Crippen LogP contribution in [-0.4, -0.2) is 28.9 Å². The number of carbonyl (C=O) groups is 1. The fraction of sp³-hybridized carbons (Fsp3) is 0.625. The van der Waals surface area contributed by atoms with Crippen LogP contribution in [0.5, 0.6) is 0 Å². The SMILES string of the molecule is CC(C)(C)c1ccc(CN2CCC(C(N)=O)CC2)cn1. The summed E-state index contributed by atoms with van der Waals surface area (Å²) in [7, 11) is 0. The van der Waals surface area contributed by atoms with Gasteiger partial charge in [0.2, 0.25) is 5.91 Å². The highest BCUT2D eigenvalue weighted by Crippen LogP contribution is 2.21. The maximum atomic E-state index is 11.1. The summed E-state index contributed by atoms with van der Waals surface area (Å²) in [5.41, 5.74) is 7.80. The molecule has 0 aliphatic carbocycles. The Hall–Kier alpha value is -1.42. The van der Waals surface area contributed by atoms with Crippen LogP contribution in [0.15, 0.2) is 18.3 Å². The van der Waals surface area contributed by atoms with Crippen molar-refractivity contribution in [2.75, 3.05) is 13.1 Å². The lowest BCUT2D eigenvalue weighted by molar-refractivity contribution is -0.123. The lowest BCUT2D eigenvalue weighted by Crippen LogP contribution is -2.38. The number of hydrogen-bond acceptors (Lipinski definition) is 3. The van der Waals surface area contributed by atoms with E-state index in [9.17, 15) is 4.79 Å². The van der Waals surface area contributed by atoms with Gasteiger partial charge in [-0.3, -0.25) is 14.7 Å². The van der Waals surface area contributed by atoms with Gasteiger partial charge < -0.3 is 5.73 Å². The minimum absolute atomic E-state index is 0.0626. The normalized spacial score (nSPS) is 18.1. The standard InChI is InChI=1S/C16H25N3O/c1-16(2,3)14-5-4-12(10-18-14)11-19-8-6-13(7-9-19)15(17)20/h4-5,10,13H,6-9,11H2,1-3H3,(H2,17,20). The molecule has 0 radical (unpaired) electrons. The molecule has 0 saturated carbocycles. The minimum atomic E-state index is -0.152. The monoisotopic (exact) mass is 275 g/mol. The van der Waals surface area contributed by atoms with Crippen LogP contribution in [-0.2, 0) is 16.8 Å². The second kappa shape index (κ2) is 5.92. The Morgan fingerprint density at radius 2 is 2.00 bits per heavy atom. The van der Waals surface area contributed by atoms with Gasteiger partial charge in [0, 0.05) is 29.8 Å². The van der Waals surface area contributed by atoms with Crippen LogP contribution >= 0.6 is 0 Å². The highest BCUT2D eigenvalue weighted by Gasteiger charge is 2.23. The Morgan fingerprint density at radius 1 is 1.35 bits per heavy atom. The molecule has 2 rings (SSSR count). The first-order chi connectivity index (χ1) is 9.36. The number of hydrogen-bond donors (Lipinski definition) is 1. The van der Waals surface area contributed by atoms with Crippen LogP contribution in [0, 0.1) is 5.92 Å². The van der Waals surface area contributed by atoms with Gasteiger partial charge in [-0.05, 0) is 37.6 Å². The Balaban J connectivity index is 1.90. The first-order valence-electron chi connectivity index (χ1n) is 7.33. The van der Waals surface area contributed by atoms with Crippen molar-refractivity contribution in [2.24, 2.45) is 11.7 Å². The van der Waals surface area contributed by atoms with Gasteiger partial charge in [0.15, 0.2) is 0 Å². The molecule has 1 amide bonds. The zero-order chi connectivity index (χ0) is 14.8. The predicted octanol–water partition coefficient (Wildman–Crippen LogP) is 2.08. The Bertz CT molecular complexity index is 454. The van der Waals surface area contributed by atoms with Gasteiger partial charge in [0.1, 0.15) is 0 Å². The maximum Gasteiger partial charge on any atom is 0.220 e. The van der Waals surface area contributed by atoms with Crippen LogP contribution in [0.1, 0.15) is 44.9 Å². The van der Waals surface area contributed by atoms with Gasteiger partial charge in [0.05, 0.1) is 0 Å². The van der Waals surface area contributed by atoms with E-state index in [1.807, 2.05) is 6.20 Å². The summed E-state index contributed by atoms with van der Waals surface area (Å²) < 4.78 is 0. The van der Waals surface area contributed by atoms with Crippen molar-refractivity contribution >= 4 is 5.91 Å². The number of likely N-dealkylation sites (tertiary alicyclic amines) is 1. The summed E-state index contributed by atoms with van der Waals surface area (Å²) in [6.07, 6.45) is 3.73. The highest BCUT2D eigenvalue weighted by atomic mass is 16.1. The maximum absolute atomic E-state index is 11.1. The molecule has 2 N–H and O–H groups in total. The molecular weight excluding hydrogens is 250 g/mol. The topological polar surface area (TPSA) is 59.2 Å². The third-order valence-electron chi connectivity index (χ3n) is 3.99. The van der Waals surface area contributed by atoms with E-state index >= 15 is 0 Å². The molecule has 0 atom stereocenters. The number of aromatic nitrogens is 1. The summed E-state index contributed by atoms with van der Waals surface area (Å²) in [5, 5.41) is 0. The molecule has 0 unspecified atom stereocenters. The minimum Gasteiger partial charge on any atom is -0.369 e. The molecule has 4 heteroatoms. The summed E-state index contributed by atoms with van der Waals surface area (Å²) in [4.78, 5) is 18.1. The van der Waals surface area contributed by atoms with Crippen molar-refractivity contribution < 1.29 is 4.79 Å². The first kappa shape index (κ1) is 15.0. The average Bonchev–Trinajstić information content (AvgIpc) is 2.39. The molecule has 110 valence electrons. The van der Waals surface area contributed by atoms with Crippen LogP contribution in [0.4, 0.5) is 0 Å². The molecule has 1 fully saturated rings. The van der Waals surface area contributed by atoms with E-state index < -0.39 is 0 Å². The molecule has 0 aromatic carbocycles. The molecule has 1 aromatic heterocycles. The lowest BCUT2D eigenvalue weighted by Gasteiger charge is -2.30. The van der Waals surface area contributed by atoms with Crippen LogP contribution in [0.3, 0.4) is 0 Å². The number of carbonyl (C=O) groups excluding carboxylic acids is 1. The van der Waals surface area contributed by atoms with E-state index in [1.165, 1.54) is 5.56 Å². The van der Waals surface area contributed by atoms with Crippen LogP contribution < -0.4 is 5.73 Å². The van der Waals surface area contributed by atoms with Gasteiger partial charge >= 0.3 is 0 Å². The van der Waals surface area contributed by atoms with Gasteiger partial charge in [-0.1, -0.05) is 26.8 Å². The van der Waals surface area contributed by atoms with Gasteiger partial charge in [0.25, 0.3) is 0 Å². The van der Waals surface area contributed by atoms with Crippen molar-refractivity contribution in [3.05, 3.63) is 29.6 Å². The molecular formula is C16H25N3O. The van der Waals surface area contributed by atoms with Crippen molar-refractivity contribution in [3.8, 4) is 0 Å². The molecule has 4 nitrogen and oxygen atoms in total. The largest absolute Gasteiger partial charge is 0.369 e. The van der Waals surface area contributed by atoms with E-state index in [0.29, 0.717) is 0 Å². The van der Waals surface area contributed by atoms with Crippen molar-refractivity contribution in [1.82, 2.24) is 9.88 Å². The number of nitrogens with zero attached hydrogens (tertiary/aromatic N) is 2. The molecule has 1 aliphatic heterocycles. The van der Waals surface area contributed by atoms with Crippen molar-refractivity contribution in [3.63, 3.8) is 0 Å². The lowest BCUT2D eigenvalue weighted by atomic mass is 9.91. The van der Waals surface area contributed by atoms with Gasteiger partial charge in [-0.15, -0.1) is 0 Å².